The number of rotatable bonds is 5. The average Bonchev–Trinajstić information content (AvgIpc) is 2.34. The number of carbonyl (C=O) groups excluding carboxylic acids is 1. The summed E-state index contributed by atoms with van der Waals surface area (Å²) in [6.45, 7) is -1.09. The molecule has 0 aliphatic carbocycles. The monoisotopic (exact) mass is 346 g/mol. The van der Waals surface area contributed by atoms with E-state index in [0.29, 0.717) is 0 Å². The van der Waals surface area contributed by atoms with Crippen molar-refractivity contribution < 1.29 is 40.6 Å². The lowest BCUT2D eigenvalue weighted by Crippen LogP contribution is -2.22. The Labute approximate surface area is 126 Å². The van der Waals surface area contributed by atoms with Crippen LogP contribution in [-0.4, -0.2) is 36.5 Å². The standard InChI is InChI=1S/C12H12F6N2O3/c1-6-3-8(22-4-11(13,14)15)9(20-7(2)21)10(19-6)23-5-12(16,17)18/h3H,4-5H2,1-2H3,(H,20,21). The Morgan fingerprint density at radius 2 is 1.65 bits per heavy atom. The molecule has 0 atom stereocenters. The molecule has 1 heterocycles. The zero-order valence-electron chi connectivity index (χ0n) is 11.9. The van der Waals surface area contributed by atoms with Crippen molar-refractivity contribution in [3.8, 4) is 11.6 Å². The van der Waals surface area contributed by atoms with Crippen LogP contribution in [0.15, 0.2) is 6.07 Å². The van der Waals surface area contributed by atoms with Crippen LogP contribution < -0.4 is 14.8 Å². The van der Waals surface area contributed by atoms with Crippen molar-refractivity contribution in [2.24, 2.45) is 0 Å². The van der Waals surface area contributed by atoms with Crippen LogP contribution in [0.3, 0.4) is 0 Å². The number of hydrogen-bond donors (Lipinski definition) is 1. The largest absolute Gasteiger partial charge is 0.482 e. The van der Waals surface area contributed by atoms with E-state index in [1.165, 1.54) is 6.92 Å². The Morgan fingerprint density at radius 1 is 1.13 bits per heavy atom. The van der Waals surface area contributed by atoms with E-state index in [1.54, 1.807) is 0 Å². The lowest BCUT2D eigenvalue weighted by molar-refractivity contribution is -0.154. The van der Waals surface area contributed by atoms with Gasteiger partial charge in [-0.3, -0.25) is 4.79 Å². The number of aromatic nitrogens is 1. The van der Waals surface area contributed by atoms with Gasteiger partial charge in [-0.15, -0.1) is 0 Å². The molecular weight excluding hydrogens is 334 g/mol. The summed E-state index contributed by atoms with van der Waals surface area (Å²) in [5.74, 6) is -1.93. The number of nitrogens with one attached hydrogen (secondary N) is 1. The third-order valence-electron chi connectivity index (χ3n) is 2.14. The SMILES string of the molecule is CC(=O)Nc1c(OCC(F)(F)F)cc(C)nc1OCC(F)(F)F. The van der Waals surface area contributed by atoms with Crippen LogP contribution in [0.2, 0.25) is 0 Å². The molecule has 0 aromatic carbocycles. The normalized spacial score (nSPS) is 12.0. The van der Waals surface area contributed by atoms with Crippen molar-refractivity contribution in [1.29, 1.82) is 0 Å². The minimum absolute atomic E-state index is 0.0495. The predicted octanol–water partition coefficient (Wildman–Crippen LogP) is 3.23. The van der Waals surface area contributed by atoms with Crippen LogP contribution >= 0.6 is 0 Å². The molecule has 0 saturated heterocycles. The van der Waals surface area contributed by atoms with Crippen molar-refractivity contribution in [2.45, 2.75) is 26.2 Å². The summed E-state index contributed by atoms with van der Waals surface area (Å²) >= 11 is 0. The number of carbonyl (C=O) groups is 1. The zero-order valence-corrected chi connectivity index (χ0v) is 11.9. The van der Waals surface area contributed by atoms with Crippen LogP contribution in [-0.2, 0) is 4.79 Å². The first-order chi connectivity index (χ1) is 10.4. The van der Waals surface area contributed by atoms with Gasteiger partial charge in [0.15, 0.2) is 19.0 Å². The van der Waals surface area contributed by atoms with E-state index in [4.69, 9.17) is 0 Å². The van der Waals surface area contributed by atoms with Gasteiger partial charge < -0.3 is 14.8 Å². The summed E-state index contributed by atoms with van der Waals surface area (Å²) in [4.78, 5) is 14.7. The zero-order chi connectivity index (χ0) is 17.8. The van der Waals surface area contributed by atoms with Gasteiger partial charge in [0.25, 0.3) is 0 Å². The highest BCUT2D eigenvalue weighted by Gasteiger charge is 2.31. The van der Waals surface area contributed by atoms with Crippen molar-refractivity contribution in [3.63, 3.8) is 0 Å². The lowest BCUT2D eigenvalue weighted by Gasteiger charge is -2.17. The number of amides is 1. The van der Waals surface area contributed by atoms with E-state index >= 15 is 0 Å². The Balaban J connectivity index is 3.15. The Bertz CT molecular complexity index is 532. The lowest BCUT2D eigenvalue weighted by atomic mass is 10.3. The smallest absolute Gasteiger partial charge is 0.422 e. The third kappa shape index (κ3) is 7.06. The van der Waals surface area contributed by atoms with E-state index in [2.05, 4.69) is 19.8 Å². The van der Waals surface area contributed by atoms with Gasteiger partial charge in [0.05, 0.1) is 0 Å². The highest BCUT2D eigenvalue weighted by molar-refractivity contribution is 5.92. The second kappa shape index (κ2) is 6.92. The van der Waals surface area contributed by atoms with Crippen LogP contribution in [0.5, 0.6) is 11.6 Å². The quantitative estimate of drug-likeness (QED) is 0.832. The first-order valence-corrected chi connectivity index (χ1v) is 6.06. The highest BCUT2D eigenvalue weighted by Crippen LogP contribution is 2.35. The molecule has 0 spiro atoms. The molecule has 23 heavy (non-hydrogen) atoms. The summed E-state index contributed by atoms with van der Waals surface area (Å²) in [7, 11) is 0. The number of alkyl halides is 6. The Morgan fingerprint density at radius 3 is 2.13 bits per heavy atom. The van der Waals surface area contributed by atoms with E-state index in [-0.39, 0.29) is 5.69 Å². The van der Waals surface area contributed by atoms with Crippen LogP contribution in [0.4, 0.5) is 32.0 Å². The van der Waals surface area contributed by atoms with Crippen molar-refractivity contribution >= 4 is 11.6 Å². The van der Waals surface area contributed by atoms with E-state index in [1.807, 2.05) is 0 Å². The van der Waals surface area contributed by atoms with Gasteiger partial charge in [-0.25, -0.2) is 4.98 Å². The number of pyridine rings is 1. The molecule has 1 N–H and O–H groups in total. The average molecular weight is 346 g/mol. The second-order valence-electron chi connectivity index (χ2n) is 4.43. The first-order valence-electron chi connectivity index (χ1n) is 6.06. The molecule has 5 nitrogen and oxygen atoms in total. The maximum Gasteiger partial charge on any atom is 0.422 e. The molecule has 1 amide bonds. The number of nitrogens with zero attached hydrogens (tertiary/aromatic N) is 1. The fourth-order valence-electron chi connectivity index (χ4n) is 1.43. The van der Waals surface area contributed by atoms with Crippen LogP contribution in [0, 0.1) is 6.92 Å². The molecule has 0 radical (unpaired) electrons. The van der Waals surface area contributed by atoms with Crippen molar-refractivity contribution in [1.82, 2.24) is 4.98 Å². The molecule has 0 unspecified atom stereocenters. The Kier molecular flexibility index (Phi) is 5.67. The molecule has 0 saturated carbocycles. The molecule has 0 bridgehead atoms. The number of hydrogen-bond acceptors (Lipinski definition) is 4. The molecule has 1 rings (SSSR count). The molecule has 11 heteroatoms. The molecule has 0 fully saturated rings. The fourth-order valence-corrected chi connectivity index (χ4v) is 1.43. The summed E-state index contributed by atoms with van der Waals surface area (Å²) in [6, 6.07) is 1.04. The van der Waals surface area contributed by atoms with E-state index in [0.717, 1.165) is 13.0 Å². The maximum absolute atomic E-state index is 12.2. The predicted molar refractivity (Wildman–Crippen MR) is 66.4 cm³/mol. The number of halogens is 6. The van der Waals surface area contributed by atoms with Gasteiger partial charge in [-0.05, 0) is 6.92 Å². The second-order valence-corrected chi connectivity index (χ2v) is 4.43. The third-order valence-corrected chi connectivity index (χ3v) is 2.14. The first kappa shape index (κ1) is 18.8. The summed E-state index contributed by atoms with van der Waals surface area (Å²) in [5, 5.41) is 2.06. The number of anilines is 1. The summed E-state index contributed by atoms with van der Waals surface area (Å²) in [5.41, 5.74) is -0.454. The van der Waals surface area contributed by atoms with Gasteiger partial charge in [-0.1, -0.05) is 0 Å². The van der Waals surface area contributed by atoms with Crippen LogP contribution in [0.1, 0.15) is 12.6 Å². The summed E-state index contributed by atoms with van der Waals surface area (Å²) < 4.78 is 82.3. The van der Waals surface area contributed by atoms with Gasteiger partial charge in [-0.2, -0.15) is 26.3 Å². The summed E-state index contributed by atoms with van der Waals surface area (Å²) in [6.07, 6.45) is -9.36. The van der Waals surface area contributed by atoms with E-state index < -0.39 is 48.8 Å². The van der Waals surface area contributed by atoms with Crippen LogP contribution in [0.25, 0.3) is 0 Å². The molecule has 130 valence electrons. The Hall–Kier alpha value is -2.20. The maximum atomic E-state index is 12.2. The van der Waals surface area contributed by atoms with Crippen molar-refractivity contribution in [2.75, 3.05) is 18.5 Å². The van der Waals surface area contributed by atoms with E-state index in [9.17, 15) is 31.1 Å². The number of aryl methyl sites for hydroxylation is 1. The highest BCUT2D eigenvalue weighted by atomic mass is 19.4. The van der Waals surface area contributed by atoms with Crippen molar-refractivity contribution in [3.05, 3.63) is 11.8 Å². The minimum atomic E-state index is -4.69. The van der Waals surface area contributed by atoms with Gasteiger partial charge in [0.1, 0.15) is 5.69 Å². The van der Waals surface area contributed by atoms with Gasteiger partial charge in [0.2, 0.25) is 11.8 Å². The van der Waals surface area contributed by atoms with Gasteiger partial charge >= 0.3 is 12.4 Å². The minimum Gasteiger partial charge on any atom is -0.482 e. The molecule has 0 aliphatic heterocycles. The number of ether oxygens (including phenoxy) is 2. The molecular formula is C12H12F6N2O3. The molecule has 1 aromatic heterocycles. The molecule has 1 aromatic rings. The van der Waals surface area contributed by atoms with Gasteiger partial charge in [0, 0.05) is 18.7 Å². The molecule has 0 aliphatic rings. The topological polar surface area (TPSA) is 60.5 Å². The fraction of sp³-hybridized carbons (Fsp3) is 0.500.